The lowest BCUT2D eigenvalue weighted by Crippen LogP contribution is -2.30. The molecule has 1 atom stereocenters. The molecule has 1 aliphatic heterocycles. The molecule has 0 radical (unpaired) electrons. The molecular weight excluding hydrogens is 188 g/mol. The highest BCUT2D eigenvalue weighted by Gasteiger charge is 2.19. The van der Waals surface area contributed by atoms with Crippen molar-refractivity contribution in [1.82, 2.24) is 20.3 Å². The van der Waals surface area contributed by atoms with Crippen LogP contribution in [0.2, 0.25) is 0 Å². The molecule has 1 N–H and O–H groups in total. The van der Waals surface area contributed by atoms with E-state index >= 15 is 0 Å². The number of nitrogens with zero attached hydrogens (tertiary/aromatic N) is 3. The maximum absolute atomic E-state index is 4.17. The molecule has 0 aromatic carbocycles. The van der Waals surface area contributed by atoms with Crippen molar-refractivity contribution in [1.29, 1.82) is 0 Å². The second-order valence-corrected chi connectivity index (χ2v) is 4.78. The Labute approximate surface area is 91.1 Å². The second kappa shape index (κ2) is 4.75. The van der Waals surface area contributed by atoms with Crippen molar-refractivity contribution in [2.45, 2.75) is 39.2 Å². The van der Waals surface area contributed by atoms with Crippen LogP contribution in [-0.4, -0.2) is 28.1 Å². The Morgan fingerprint density at radius 2 is 2.47 bits per heavy atom. The predicted octanol–water partition coefficient (Wildman–Crippen LogP) is 1.40. The topological polar surface area (TPSA) is 42.7 Å². The van der Waals surface area contributed by atoms with Gasteiger partial charge in [-0.05, 0) is 25.3 Å². The highest BCUT2D eigenvalue weighted by Crippen LogP contribution is 2.22. The largest absolute Gasteiger partial charge is 0.316 e. The molecule has 0 amide bonds. The van der Waals surface area contributed by atoms with Gasteiger partial charge in [0, 0.05) is 19.0 Å². The van der Waals surface area contributed by atoms with Gasteiger partial charge >= 0.3 is 0 Å². The number of hydrogen-bond acceptors (Lipinski definition) is 3. The fraction of sp³-hybridized carbons (Fsp3) is 0.818. The van der Waals surface area contributed by atoms with Crippen LogP contribution in [0.15, 0.2) is 6.20 Å². The molecule has 2 heterocycles. The number of nitrogens with one attached hydrogen (secondary N) is 1. The average molecular weight is 208 g/mol. The molecule has 84 valence electrons. The zero-order chi connectivity index (χ0) is 10.7. The number of aromatic nitrogens is 3. The molecule has 0 spiro atoms. The maximum Gasteiger partial charge on any atom is 0.0728 e. The van der Waals surface area contributed by atoms with Crippen LogP contribution in [-0.2, 0) is 6.54 Å². The average Bonchev–Trinajstić information content (AvgIpc) is 2.66. The third-order valence-corrected chi connectivity index (χ3v) is 2.90. The molecule has 4 heteroatoms. The van der Waals surface area contributed by atoms with E-state index < -0.39 is 0 Å². The van der Waals surface area contributed by atoms with Gasteiger partial charge in [0.1, 0.15) is 0 Å². The van der Waals surface area contributed by atoms with Gasteiger partial charge in [-0.25, -0.2) is 4.68 Å². The van der Waals surface area contributed by atoms with E-state index in [1.54, 1.807) is 0 Å². The Morgan fingerprint density at radius 1 is 1.60 bits per heavy atom. The molecule has 1 aromatic heterocycles. The predicted molar refractivity (Wildman–Crippen MR) is 59.7 cm³/mol. The summed E-state index contributed by atoms with van der Waals surface area (Å²) in [7, 11) is 0. The van der Waals surface area contributed by atoms with Crippen molar-refractivity contribution in [3.63, 3.8) is 0 Å². The molecule has 0 aliphatic carbocycles. The first-order valence-corrected chi connectivity index (χ1v) is 5.86. The fourth-order valence-electron chi connectivity index (χ4n) is 2.17. The third kappa shape index (κ3) is 2.56. The molecule has 2 rings (SSSR count). The van der Waals surface area contributed by atoms with Gasteiger partial charge in [0.15, 0.2) is 0 Å². The summed E-state index contributed by atoms with van der Waals surface area (Å²) in [4.78, 5) is 0. The summed E-state index contributed by atoms with van der Waals surface area (Å²) in [6.45, 7) is 7.63. The molecule has 1 fully saturated rings. The molecule has 4 nitrogen and oxygen atoms in total. The lowest BCUT2D eigenvalue weighted by Gasteiger charge is -2.23. The summed E-state index contributed by atoms with van der Waals surface area (Å²) in [5.41, 5.74) is 1.30. The van der Waals surface area contributed by atoms with Gasteiger partial charge in [-0.2, -0.15) is 0 Å². The SMILES string of the molecule is CC(C)Cn1nncc1C1CCCNC1. The molecule has 1 aromatic rings. The lowest BCUT2D eigenvalue weighted by atomic mass is 9.96. The molecule has 1 aliphatic rings. The minimum atomic E-state index is 0.604. The van der Waals surface area contributed by atoms with Crippen LogP contribution in [0, 0.1) is 5.92 Å². The Balaban J connectivity index is 2.09. The zero-order valence-electron chi connectivity index (χ0n) is 9.61. The highest BCUT2D eigenvalue weighted by molar-refractivity contribution is 5.05. The smallest absolute Gasteiger partial charge is 0.0728 e. The quantitative estimate of drug-likeness (QED) is 0.816. The highest BCUT2D eigenvalue weighted by atomic mass is 15.4. The summed E-state index contributed by atoms with van der Waals surface area (Å²) in [5, 5.41) is 11.6. The van der Waals surface area contributed by atoms with Gasteiger partial charge in [0.2, 0.25) is 0 Å². The Bertz CT molecular complexity index is 299. The molecular formula is C11H20N4. The van der Waals surface area contributed by atoms with E-state index in [1.807, 2.05) is 6.20 Å². The van der Waals surface area contributed by atoms with Crippen molar-refractivity contribution in [2.75, 3.05) is 13.1 Å². The molecule has 15 heavy (non-hydrogen) atoms. The summed E-state index contributed by atoms with van der Waals surface area (Å²) in [6.07, 6.45) is 4.45. The zero-order valence-corrected chi connectivity index (χ0v) is 9.61. The number of piperidine rings is 1. The maximum atomic E-state index is 4.17. The normalized spacial score (nSPS) is 22.2. The van der Waals surface area contributed by atoms with E-state index in [1.165, 1.54) is 18.5 Å². The Morgan fingerprint density at radius 3 is 3.13 bits per heavy atom. The van der Waals surface area contributed by atoms with Crippen molar-refractivity contribution >= 4 is 0 Å². The first-order chi connectivity index (χ1) is 7.27. The van der Waals surface area contributed by atoms with Gasteiger partial charge in [-0.3, -0.25) is 0 Å². The van der Waals surface area contributed by atoms with Crippen LogP contribution in [0.5, 0.6) is 0 Å². The van der Waals surface area contributed by atoms with E-state index in [0.29, 0.717) is 11.8 Å². The first-order valence-electron chi connectivity index (χ1n) is 5.86. The number of hydrogen-bond donors (Lipinski definition) is 1. The van der Waals surface area contributed by atoms with Crippen LogP contribution < -0.4 is 5.32 Å². The second-order valence-electron chi connectivity index (χ2n) is 4.78. The van der Waals surface area contributed by atoms with E-state index in [-0.39, 0.29) is 0 Å². The van der Waals surface area contributed by atoms with Crippen LogP contribution in [0.1, 0.15) is 38.3 Å². The molecule has 0 bridgehead atoms. The van der Waals surface area contributed by atoms with Crippen LogP contribution >= 0.6 is 0 Å². The Hall–Kier alpha value is -0.900. The van der Waals surface area contributed by atoms with Crippen LogP contribution in [0.3, 0.4) is 0 Å². The summed E-state index contributed by atoms with van der Waals surface area (Å²) in [5.74, 6) is 1.23. The lowest BCUT2D eigenvalue weighted by molar-refractivity contribution is 0.404. The van der Waals surface area contributed by atoms with Crippen molar-refractivity contribution in [3.8, 4) is 0 Å². The van der Waals surface area contributed by atoms with Crippen LogP contribution in [0.4, 0.5) is 0 Å². The summed E-state index contributed by atoms with van der Waals surface area (Å²) >= 11 is 0. The van der Waals surface area contributed by atoms with Gasteiger partial charge in [0.25, 0.3) is 0 Å². The monoisotopic (exact) mass is 208 g/mol. The van der Waals surface area contributed by atoms with E-state index in [0.717, 1.165) is 19.6 Å². The molecule has 0 saturated carbocycles. The standard InChI is InChI=1S/C11H20N4/c1-9(2)8-15-11(7-13-14-15)10-4-3-5-12-6-10/h7,9-10,12H,3-6,8H2,1-2H3. The van der Waals surface area contributed by atoms with Gasteiger partial charge in [-0.1, -0.05) is 19.1 Å². The van der Waals surface area contributed by atoms with Crippen molar-refractivity contribution < 1.29 is 0 Å². The molecule has 1 saturated heterocycles. The summed E-state index contributed by atoms with van der Waals surface area (Å²) in [6, 6.07) is 0. The van der Waals surface area contributed by atoms with Gasteiger partial charge < -0.3 is 5.32 Å². The van der Waals surface area contributed by atoms with E-state index in [4.69, 9.17) is 0 Å². The minimum Gasteiger partial charge on any atom is -0.316 e. The van der Waals surface area contributed by atoms with Gasteiger partial charge in [0.05, 0.1) is 11.9 Å². The fourth-order valence-corrected chi connectivity index (χ4v) is 2.17. The van der Waals surface area contributed by atoms with Crippen LogP contribution in [0.25, 0.3) is 0 Å². The van der Waals surface area contributed by atoms with Crippen molar-refractivity contribution in [2.24, 2.45) is 5.92 Å². The summed E-state index contributed by atoms with van der Waals surface area (Å²) < 4.78 is 2.07. The number of rotatable bonds is 3. The molecule has 1 unspecified atom stereocenters. The first kappa shape index (κ1) is 10.6. The Kier molecular flexibility index (Phi) is 3.36. The van der Waals surface area contributed by atoms with E-state index in [2.05, 4.69) is 34.2 Å². The van der Waals surface area contributed by atoms with E-state index in [9.17, 15) is 0 Å². The minimum absolute atomic E-state index is 0.604. The third-order valence-electron chi connectivity index (χ3n) is 2.90. The van der Waals surface area contributed by atoms with Crippen molar-refractivity contribution in [3.05, 3.63) is 11.9 Å². The van der Waals surface area contributed by atoms with Gasteiger partial charge in [-0.15, -0.1) is 5.10 Å².